The molecule has 1 N–H and O–H groups in total. The zero-order chi connectivity index (χ0) is 16.0. The maximum Gasteiger partial charge on any atom is 0.413 e. The Morgan fingerprint density at radius 3 is 2.71 bits per heavy atom. The van der Waals surface area contributed by atoms with Gasteiger partial charge < -0.3 is 9.47 Å². The lowest BCUT2D eigenvalue weighted by Gasteiger charge is -2.18. The third-order valence-electron chi connectivity index (χ3n) is 2.29. The fourth-order valence-electron chi connectivity index (χ4n) is 1.52. The van der Waals surface area contributed by atoms with E-state index in [2.05, 4.69) is 10.4 Å². The topological polar surface area (TPSA) is 109 Å². The molecule has 1 heterocycles. The van der Waals surface area contributed by atoms with Crippen molar-refractivity contribution in [1.29, 1.82) is 0 Å². The zero-order valence-electron chi connectivity index (χ0n) is 12.6. The van der Waals surface area contributed by atoms with Crippen LogP contribution in [0.5, 0.6) is 0 Å². The van der Waals surface area contributed by atoms with Crippen molar-refractivity contribution < 1.29 is 19.2 Å². The highest BCUT2D eigenvalue weighted by Gasteiger charge is 2.24. The molecule has 9 nitrogen and oxygen atoms in total. The molecule has 0 unspecified atom stereocenters. The van der Waals surface area contributed by atoms with Gasteiger partial charge in [0.25, 0.3) is 0 Å². The molecule has 0 aliphatic heterocycles. The predicted molar refractivity (Wildman–Crippen MR) is 75.2 cm³/mol. The van der Waals surface area contributed by atoms with Crippen LogP contribution < -0.4 is 5.32 Å². The molecule has 0 spiro atoms. The summed E-state index contributed by atoms with van der Waals surface area (Å²) in [5, 5.41) is 17.2. The summed E-state index contributed by atoms with van der Waals surface area (Å²) in [7, 11) is 1.57. The number of carbonyl (C=O) groups is 1. The van der Waals surface area contributed by atoms with Crippen molar-refractivity contribution in [2.24, 2.45) is 0 Å². The van der Waals surface area contributed by atoms with Crippen LogP contribution in [0.25, 0.3) is 0 Å². The molecule has 0 aliphatic rings. The number of carbonyl (C=O) groups excluding carboxylic acids is 1. The van der Waals surface area contributed by atoms with Crippen LogP contribution in [0, 0.1) is 10.1 Å². The van der Waals surface area contributed by atoms with Gasteiger partial charge in [0.15, 0.2) is 0 Å². The van der Waals surface area contributed by atoms with E-state index in [0.29, 0.717) is 19.6 Å². The molecule has 0 atom stereocenters. The first-order chi connectivity index (χ1) is 9.73. The van der Waals surface area contributed by atoms with Gasteiger partial charge >= 0.3 is 11.8 Å². The number of nitrogens with zero attached hydrogens (tertiary/aromatic N) is 3. The molecule has 1 rings (SSSR count). The Kier molecular flexibility index (Phi) is 5.65. The SMILES string of the molecule is COCCCn1cc([N+](=O)[O-])c(NC(=O)OC(C)(C)C)n1. The lowest BCUT2D eigenvalue weighted by atomic mass is 10.2. The first-order valence-corrected chi connectivity index (χ1v) is 6.43. The van der Waals surface area contributed by atoms with Crippen LogP contribution in [0.15, 0.2) is 6.20 Å². The number of amides is 1. The number of aryl methyl sites for hydroxylation is 1. The van der Waals surface area contributed by atoms with Gasteiger partial charge in [-0.05, 0) is 27.2 Å². The van der Waals surface area contributed by atoms with Crippen LogP contribution in [0.3, 0.4) is 0 Å². The van der Waals surface area contributed by atoms with Gasteiger partial charge in [-0.1, -0.05) is 0 Å². The standard InChI is InChI=1S/C12H20N4O5/c1-12(2,3)21-11(17)13-10-9(16(18)19)8-15(14-10)6-5-7-20-4/h8H,5-7H2,1-4H3,(H,13,14,17). The smallest absolute Gasteiger partial charge is 0.413 e. The summed E-state index contributed by atoms with van der Waals surface area (Å²) in [6, 6.07) is 0. The number of nitro groups is 1. The first kappa shape index (κ1) is 16.9. The molecule has 21 heavy (non-hydrogen) atoms. The Hall–Kier alpha value is -2.16. The lowest BCUT2D eigenvalue weighted by molar-refractivity contribution is -0.384. The molecule has 118 valence electrons. The van der Waals surface area contributed by atoms with E-state index in [9.17, 15) is 14.9 Å². The monoisotopic (exact) mass is 300 g/mol. The van der Waals surface area contributed by atoms with Crippen LogP contribution in [0.2, 0.25) is 0 Å². The maximum atomic E-state index is 11.6. The van der Waals surface area contributed by atoms with Crippen molar-refractivity contribution in [2.45, 2.75) is 39.3 Å². The largest absolute Gasteiger partial charge is 0.444 e. The second-order valence-electron chi connectivity index (χ2n) is 5.36. The number of hydrogen-bond donors (Lipinski definition) is 1. The van der Waals surface area contributed by atoms with Gasteiger partial charge in [-0.3, -0.25) is 20.1 Å². The van der Waals surface area contributed by atoms with Gasteiger partial charge in [0, 0.05) is 20.3 Å². The minimum Gasteiger partial charge on any atom is -0.444 e. The lowest BCUT2D eigenvalue weighted by Crippen LogP contribution is -2.27. The third-order valence-corrected chi connectivity index (χ3v) is 2.29. The molecule has 9 heteroatoms. The molecular weight excluding hydrogens is 280 g/mol. The fourth-order valence-corrected chi connectivity index (χ4v) is 1.52. The summed E-state index contributed by atoms with van der Waals surface area (Å²) >= 11 is 0. The average molecular weight is 300 g/mol. The Morgan fingerprint density at radius 2 is 2.19 bits per heavy atom. The summed E-state index contributed by atoms with van der Waals surface area (Å²) in [4.78, 5) is 22.0. The summed E-state index contributed by atoms with van der Waals surface area (Å²) in [5.41, 5.74) is -0.974. The first-order valence-electron chi connectivity index (χ1n) is 6.43. The molecule has 0 radical (unpaired) electrons. The highest BCUT2D eigenvalue weighted by molar-refractivity contribution is 5.86. The summed E-state index contributed by atoms with van der Waals surface area (Å²) in [5.74, 6) is -0.133. The Morgan fingerprint density at radius 1 is 1.52 bits per heavy atom. The quantitative estimate of drug-likeness (QED) is 0.490. The molecule has 0 aliphatic carbocycles. The van der Waals surface area contributed by atoms with Gasteiger partial charge in [-0.25, -0.2) is 4.79 Å². The van der Waals surface area contributed by atoms with Crippen LogP contribution in [-0.2, 0) is 16.0 Å². The molecule has 0 fully saturated rings. The van der Waals surface area contributed by atoms with Crippen LogP contribution in [0.1, 0.15) is 27.2 Å². The van der Waals surface area contributed by atoms with Crippen molar-refractivity contribution in [3.63, 3.8) is 0 Å². The van der Waals surface area contributed by atoms with E-state index in [1.165, 1.54) is 10.9 Å². The third kappa shape index (κ3) is 5.78. The minimum atomic E-state index is -0.784. The Bertz CT molecular complexity index is 506. The molecule has 0 saturated carbocycles. The van der Waals surface area contributed by atoms with Gasteiger partial charge in [0.2, 0.25) is 5.82 Å². The number of nitrogens with one attached hydrogen (secondary N) is 1. The second kappa shape index (κ2) is 7.02. The van der Waals surface area contributed by atoms with Crippen LogP contribution in [0.4, 0.5) is 16.3 Å². The molecular formula is C12H20N4O5. The van der Waals surface area contributed by atoms with Crippen molar-refractivity contribution in [3.05, 3.63) is 16.3 Å². The van der Waals surface area contributed by atoms with Gasteiger partial charge in [0.1, 0.15) is 11.8 Å². The van der Waals surface area contributed by atoms with Gasteiger partial charge in [-0.2, -0.15) is 0 Å². The zero-order valence-corrected chi connectivity index (χ0v) is 12.6. The summed E-state index contributed by atoms with van der Waals surface area (Å²) < 4.78 is 11.3. The van der Waals surface area contributed by atoms with Crippen molar-refractivity contribution in [2.75, 3.05) is 19.0 Å². The van der Waals surface area contributed by atoms with Gasteiger partial charge in [0.05, 0.1) is 4.92 Å². The van der Waals surface area contributed by atoms with E-state index in [0.717, 1.165) is 0 Å². The number of methoxy groups -OCH3 is 1. The molecule has 0 bridgehead atoms. The molecule has 0 saturated heterocycles. The van der Waals surface area contributed by atoms with E-state index in [-0.39, 0.29) is 11.5 Å². The number of aromatic nitrogens is 2. The van der Waals surface area contributed by atoms with Crippen molar-refractivity contribution in [3.8, 4) is 0 Å². The molecule has 1 aromatic rings. The number of ether oxygens (including phenoxy) is 2. The average Bonchev–Trinajstić information content (AvgIpc) is 2.70. The second-order valence-corrected chi connectivity index (χ2v) is 5.36. The van der Waals surface area contributed by atoms with E-state index < -0.39 is 16.6 Å². The number of anilines is 1. The van der Waals surface area contributed by atoms with Crippen LogP contribution >= 0.6 is 0 Å². The Labute approximate surface area is 122 Å². The number of rotatable bonds is 6. The maximum absolute atomic E-state index is 11.6. The van der Waals surface area contributed by atoms with Crippen molar-refractivity contribution >= 4 is 17.6 Å². The van der Waals surface area contributed by atoms with Gasteiger partial charge in [-0.15, -0.1) is 5.10 Å². The normalized spacial score (nSPS) is 11.2. The fraction of sp³-hybridized carbons (Fsp3) is 0.667. The predicted octanol–water partition coefficient (Wildman–Crippen LogP) is 2.17. The minimum absolute atomic E-state index is 0.133. The van der Waals surface area contributed by atoms with E-state index in [1.54, 1.807) is 27.9 Å². The van der Waals surface area contributed by atoms with E-state index in [1.807, 2.05) is 0 Å². The highest BCUT2D eigenvalue weighted by Crippen LogP contribution is 2.23. The number of hydrogen-bond acceptors (Lipinski definition) is 6. The molecule has 1 aromatic heterocycles. The highest BCUT2D eigenvalue weighted by atomic mass is 16.6. The molecule has 1 amide bonds. The Balaban J connectivity index is 2.79. The summed E-state index contributed by atoms with van der Waals surface area (Å²) in [6.07, 6.45) is 1.14. The van der Waals surface area contributed by atoms with E-state index in [4.69, 9.17) is 9.47 Å². The summed E-state index contributed by atoms with van der Waals surface area (Å²) in [6.45, 7) is 6.06. The van der Waals surface area contributed by atoms with E-state index >= 15 is 0 Å². The molecule has 0 aromatic carbocycles. The van der Waals surface area contributed by atoms with Crippen molar-refractivity contribution in [1.82, 2.24) is 9.78 Å². The van der Waals surface area contributed by atoms with Crippen LogP contribution in [-0.4, -0.2) is 40.1 Å².